The van der Waals surface area contributed by atoms with E-state index in [9.17, 15) is 10.1 Å². The van der Waals surface area contributed by atoms with Crippen LogP contribution in [0.4, 0.5) is 5.69 Å². The summed E-state index contributed by atoms with van der Waals surface area (Å²) < 4.78 is 2.17. The normalized spacial score (nSPS) is 14.6. The minimum Gasteiger partial charge on any atom is -0.662 e. The van der Waals surface area contributed by atoms with Crippen LogP contribution in [-0.2, 0) is 0 Å². The van der Waals surface area contributed by atoms with Gasteiger partial charge in [0.25, 0.3) is 5.69 Å². The molecule has 7 nitrogen and oxygen atoms in total. The van der Waals surface area contributed by atoms with E-state index < -0.39 is 0 Å². The predicted octanol–water partition coefficient (Wildman–Crippen LogP) is 6.54. The lowest BCUT2D eigenvalue weighted by Crippen LogP contribution is -2.18. The van der Waals surface area contributed by atoms with E-state index in [-0.39, 0.29) is 16.7 Å². The van der Waals surface area contributed by atoms with Crippen molar-refractivity contribution in [2.75, 3.05) is 13.1 Å². The van der Waals surface area contributed by atoms with Crippen molar-refractivity contribution in [1.82, 2.24) is 14.5 Å². The van der Waals surface area contributed by atoms with Gasteiger partial charge in [-0.3, -0.25) is 10.1 Å². The van der Waals surface area contributed by atoms with E-state index in [4.69, 9.17) is 9.97 Å². The standard InChI is InChI=1S/C27H22N5O2/c33-32(34)23-7-3-6-21(17-23)26-30-25-24(20-9-8-18-4-1-2-5-19(18)16-20)12-15-29-27(25)31(26)22-10-13-28-14-11-22/h1-9,12,15-17,22H,10-11,13-14H2/q-1. The quantitative estimate of drug-likeness (QED) is 0.231. The Hall–Kier alpha value is -4.10. The first-order valence-electron chi connectivity index (χ1n) is 11.4. The first-order valence-corrected chi connectivity index (χ1v) is 11.4. The van der Waals surface area contributed by atoms with Gasteiger partial charge in [-0.25, -0.2) is 9.97 Å². The van der Waals surface area contributed by atoms with Crippen molar-refractivity contribution in [2.24, 2.45) is 0 Å². The molecule has 1 fully saturated rings. The van der Waals surface area contributed by atoms with Gasteiger partial charge in [-0.2, -0.15) is 0 Å². The molecule has 0 saturated carbocycles. The molecule has 3 aromatic carbocycles. The molecule has 0 atom stereocenters. The van der Waals surface area contributed by atoms with Crippen LogP contribution < -0.4 is 0 Å². The Morgan fingerprint density at radius 2 is 1.74 bits per heavy atom. The van der Waals surface area contributed by atoms with E-state index in [0.717, 1.165) is 59.2 Å². The molecule has 3 heterocycles. The highest BCUT2D eigenvalue weighted by Gasteiger charge is 2.23. The third kappa shape index (κ3) is 3.50. The Kier molecular flexibility index (Phi) is 5.04. The average Bonchev–Trinajstić information content (AvgIpc) is 3.29. The summed E-state index contributed by atoms with van der Waals surface area (Å²) in [6, 6.07) is 23.6. The summed E-state index contributed by atoms with van der Waals surface area (Å²) in [5.41, 5.74) is 4.46. The van der Waals surface area contributed by atoms with E-state index in [1.807, 2.05) is 30.5 Å². The monoisotopic (exact) mass is 448 g/mol. The summed E-state index contributed by atoms with van der Waals surface area (Å²) in [5.74, 6) is 0.714. The fourth-order valence-corrected chi connectivity index (χ4v) is 4.88. The van der Waals surface area contributed by atoms with Gasteiger partial charge in [-0.05, 0) is 28.5 Å². The fourth-order valence-electron chi connectivity index (χ4n) is 4.88. The van der Waals surface area contributed by atoms with Crippen LogP contribution in [0, 0.1) is 10.1 Å². The summed E-state index contributed by atoms with van der Waals surface area (Å²) >= 11 is 0. The molecule has 168 valence electrons. The number of imidazole rings is 1. The molecule has 34 heavy (non-hydrogen) atoms. The smallest absolute Gasteiger partial charge is 0.270 e. The van der Waals surface area contributed by atoms with Crippen LogP contribution in [-0.4, -0.2) is 32.5 Å². The topological polar surface area (TPSA) is 87.9 Å². The Morgan fingerprint density at radius 1 is 0.912 bits per heavy atom. The number of nitro groups is 1. The Balaban J connectivity index is 1.59. The minimum absolute atomic E-state index is 0.0532. The lowest BCUT2D eigenvalue weighted by molar-refractivity contribution is -0.384. The Bertz CT molecular complexity index is 1540. The first kappa shape index (κ1) is 20.5. The van der Waals surface area contributed by atoms with Gasteiger partial charge in [-0.15, -0.1) is 13.1 Å². The summed E-state index contributed by atoms with van der Waals surface area (Å²) in [6.07, 6.45) is 3.62. The van der Waals surface area contributed by atoms with E-state index in [2.05, 4.69) is 40.2 Å². The minimum atomic E-state index is -0.366. The van der Waals surface area contributed by atoms with Gasteiger partial charge < -0.3 is 9.88 Å². The molecular weight excluding hydrogens is 426 g/mol. The molecular formula is C27H22N5O2-. The van der Waals surface area contributed by atoms with Gasteiger partial charge in [0.2, 0.25) is 0 Å². The number of benzene rings is 3. The number of nitrogens with zero attached hydrogens (tertiary/aromatic N) is 5. The van der Waals surface area contributed by atoms with Crippen molar-refractivity contribution in [2.45, 2.75) is 18.9 Å². The van der Waals surface area contributed by atoms with Crippen LogP contribution in [0.1, 0.15) is 18.9 Å². The number of piperidine rings is 1. The SMILES string of the molecule is O=[N+]([O-])c1cccc(-c2nc3c(-c4ccc5ccccc5c4)ccnc3n2C2CC[N-]CC2)c1. The molecule has 2 aromatic heterocycles. The number of non-ortho nitro benzene ring substituents is 1. The van der Waals surface area contributed by atoms with Crippen molar-refractivity contribution < 1.29 is 4.92 Å². The van der Waals surface area contributed by atoms with Crippen molar-refractivity contribution in [3.8, 4) is 22.5 Å². The maximum absolute atomic E-state index is 11.4. The largest absolute Gasteiger partial charge is 0.662 e. The number of nitro benzene ring substituents is 1. The molecule has 0 N–H and O–H groups in total. The highest BCUT2D eigenvalue weighted by atomic mass is 16.6. The average molecular weight is 449 g/mol. The van der Waals surface area contributed by atoms with Crippen LogP contribution in [0.2, 0.25) is 0 Å². The second kappa shape index (κ2) is 8.35. The molecule has 1 aliphatic heterocycles. The molecule has 5 aromatic rings. The van der Waals surface area contributed by atoms with Gasteiger partial charge in [0.05, 0.1) is 4.92 Å². The van der Waals surface area contributed by atoms with Crippen molar-refractivity contribution in [3.63, 3.8) is 0 Å². The lowest BCUT2D eigenvalue weighted by atomic mass is 10.0. The van der Waals surface area contributed by atoms with Crippen molar-refractivity contribution >= 4 is 27.6 Å². The van der Waals surface area contributed by atoms with Gasteiger partial charge in [0.15, 0.2) is 5.65 Å². The van der Waals surface area contributed by atoms with Crippen LogP contribution in [0.25, 0.3) is 49.8 Å². The zero-order chi connectivity index (χ0) is 23.1. The Labute approximate surface area is 196 Å². The highest BCUT2D eigenvalue weighted by Crippen LogP contribution is 2.37. The zero-order valence-electron chi connectivity index (χ0n) is 18.5. The molecule has 0 radical (unpaired) electrons. The molecule has 0 bridgehead atoms. The number of hydrogen-bond donors (Lipinski definition) is 0. The molecule has 6 rings (SSSR count). The molecule has 0 unspecified atom stereocenters. The van der Waals surface area contributed by atoms with Gasteiger partial charge in [0.1, 0.15) is 11.3 Å². The highest BCUT2D eigenvalue weighted by molar-refractivity contribution is 5.95. The van der Waals surface area contributed by atoms with E-state index >= 15 is 0 Å². The number of pyridine rings is 1. The lowest BCUT2D eigenvalue weighted by Gasteiger charge is -2.33. The number of rotatable bonds is 4. The number of fused-ring (bicyclic) bond motifs is 2. The maximum atomic E-state index is 11.4. The van der Waals surface area contributed by atoms with Crippen LogP contribution in [0.5, 0.6) is 0 Å². The van der Waals surface area contributed by atoms with Crippen LogP contribution in [0.3, 0.4) is 0 Å². The second-order valence-corrected chi connectivity index (χ2v) is 8.61. The van der Waals surface area contributed by atoms with Crippen molar-refractivity contribution in [1.29, 1.82) is 0 Å². The van der Waals surface area contributed by atoms with E-state index in [1.165, 1.54) is 11.5 Å². The number of aromatic nitrogens is 3. The first-order chi connectivity index (χ1) is 16.7. The molecule has 1 aliphatic rings. The third-order valence-corrected chi connectivity index (χ3v) is 6.56. The second-order valence-electron chi connectivity index (χ2n) is 8.61. The number of hydrogen-bond acceptors (Lipinski definition) is 4. The third-order valence-electron chi connectivity index (χ3n) is 6.56. The summed E-state index contributed by atoms with van der Waals surface area (Å²) in [5, 5.41) is 18.3. The van der Waals surface area contributed by atoms with Gasteiger partial charge in [0, 0.05) is 35.5 Å². The summed E-state index contributed by atoms with van der Waals surface area (Å²) in [6.45, 7) is 1.59. The molecule has 0 spiro atoms. The summed E-state index contributed by atoms with van der Waals surface area (Å²) in [7, 11) is 0. The zero-order valence-corrected chi connectivity index (χ0v) is 18.5. The Morgan fingerprint density at radius 3 is 2.56 bits per heavy atom. The van der Waals surface area contributed by atoms with Gasteiger partial charge in [-0.1, -0.05) is 61.4 Å². The van der Waals surface area contributed by atoms with Gasteiger partial charge >= 0.3 is 0 Å². The fraction of sp³-hybridized carbons (Fsp3) is 0.185. The maximum Gasteiger partial charge on any atom is 0.270 e. The molecule has 0 aliphatic carbocycles. The molecule has 7 heteroatoms. The van der Waals surface area contributed by atoms with E-state index in [0.29, 0.717) is 5.82 Å². The molecule has 1 saturated heterocycles. The molecule has 0 amide bonds. The van der Waals surface area contributed by atoms with Crippen molar-refractivity contribution in [3.05, 3.63) is 94.4 Å². The van der Waals surface area contributed by atoms with E-state index in [1.54, 1.807) is 12.1 Å². The summed E-state index contributed by atoms with van der Waals surface area (Å²) in [4.78, 5) is 20.9. The van der Waals surface area contributed by atoms with Crippen LogP contribution >= 0.6 is 0 Å². The predicted molar refractivity (Wildman–Crippen MR) is 134 cm³/mol. The van der Waals surface area contributed by atoms with Crippen LogP contribution in [0.15, 0.2) is 79.0 Å².